The molecule has 0 bridgehead atoms. The predicted molar refractivity (Wildman–Crippen MR) is 142 cm³/mol. The summed E-state index contributed by atoms with van der Waals surface area (Å²) in [4.78, 5) is 23.8. The number of rotatable bonds is 4. The lowest BCUT2D eigenvalue weighted by molar-refractivity contribution is -0.122. The molecule has 33 heavy (non-hydrogen) atoms. The second kappa shape index (κ2) is 9.33. The van der Waals surface area contributed by atoms with E-state index in [9.17, 15) is 4.79 Å². The fraction of sp³-hybridized carbons (Fsp3) is 0.111. The summed E-state index contributed by atoms with van der Waals surface area (Å²) >= 11 is 3.11. The molecule has 4 nitrogen and oxygen atoms in total. The molecule has 5 rings (SSSR count). The number of amidine groups is 1. The highest BCUT2D eigenvalue weighted by molar-refractivity contribution is 8.19. The number of aliphatic imine (C=N–C) groups is 1. The van der Waals surface area contributed by atoms with Crippen molar-refractivity contribution in [2.24, 2.45) is 4.99 Å². The van der Waals surface area contributed by atoms with Crippen molar-refractivity contribution in [1.29, 1.82) is 0 Å². The van der Waals surface area contributed by atoms with Crippen LogP contribution in [0, 0.1) is 0 Å². The molecular weight excluding hydrogens is 446 g/mol. The summed E-state index contributed by atoms with van der Waals surface area (Å²) in [6, 6.07) is 26.5. The summed E-state index contributed by atoms with van der Waals surface area (Å²) in [5, 5.41) is 1.69. The number of nitrogens with zero attached hydrogens (tertiary/aromatic N) is 3. The van der Waals surface area contributed by atoms with Crippen LogP contribution in [-0.2, 0) is 4.79 Å². The van der Waals surface area contributed by atoms with Gasteiger partial charge in [0.15, 0.2) is 5.17 Å². The summed E-state index contributed by atoms with van der Waals surface area (Å²) in [6.45, 7) is 2.57. The maximum absolute atomic E-state index is 13.2. The standard InChI is InChI=1S/C27H23N3OS2/c1-3-30-25(31)24(26-29(2)22-11-7-8-12-23(22)32-26)33-27(30)28-21-17-15-20(16-18-21)14-13-19-9-5-4-6-10-19/h4-18H,3H2,1-2H3. The molecule has 1 amide bonds. The monoisotopic (exact) mass is 469 g/mol. The Morgan fingerprint density at radius 2 is 1.52 bits per heavy atom. The lowest BCUT2D eigenvalue weighted by atomic mass is 10.1. The second-order valence-electron chi connectivity index (χ2n) is 7.64. The van der Waals surface area contributed by atoms with Gasteiger partial charge in [0, 0.05) is 18.5 Å². The number of likely N-dealkylation sites (N-methyl/N-ethyl adjacent to an activating group) is 1. The molecule has 3 aromatic rings. The van der Waals surface area contributed by atoms with Crippen molar-refractivity contribution in [1.82, 2.24) is 4.90 Å². The van der Waals surface area contributed by atoms with Crippen molar-refractivity contribution in [2.45, 2.75) is 11.8 Å². The number of amides is 1. The molecule has 0 unspecified atom stereocenters. The van der Waals surface area contributed by atoms with E-state index in [0.717, 1.165) is 32.0 Å². The topological polar surface area (TPSA) is 35.9 Å². The number of carbonyl (C=O) groups is 1. The molecule has 0 N–H and O–H groups in total. The van der Waals surface area contributed by atoms with E-state index in [1.165, 1.54) is 22.2 Å². The number of anilines is 1. The van der Waals surface area contributed by atoms with Crippen LogP contribution in [-0.4, -0.2) is 29.6 Å². The van der Waals surface area contributed by atoms with Gasteiger partial charge in [-0.15, -0.1) is 0 Å². The molecule has 0 aliphatic carbocycles. The first-order valence-corrected chi connectivity index (χ1v) is 12.4. The molecule has 2 aliphatic rings. The molecule has 0 spiro atoms. The third-order valence-electron chi connectivity index (χ3n) is 5.50. The normalized spacial score (nSPS) is 19.2. The summed E-state index contributed by atoms with van der Waals surface area (Å²) in [5.41, 5.74) is 4.24. The van der Waals surface area contributed by atoms with E-state index in [0.29, 0.717) is 6.54 Å². The van der Waals surface area contributed by atoms with Gasteiger partial charge in [-0.2, -0.15) is 0 Å². The van der Waals surface area contributed by atoms with Crippen LogP contribution in [0.25, 0.3) is 12.2 Å². The Kier molecular flexibility index (Phi) is 6.11. The Labute approximate surface area is 202 Å². The highest BCUT2D eigenvalue weighted by Gasteiger charge is 2.38. The predicted octanol–water partition coefficient (Wildman–Crippen LogP) is 6.85. The van der Waals surface area contributed by atoms with Crippen LogP contribution in [0.3, 0.4) is 0 Å². The van der Waals surface area contributed by atoms with Crippen LogP contribution in [0.15, 0.2) is 98.7 Å². The lowest BCUT2D eigenvalue weighted by Crippen LogP contribution is -2.29. The van der Waals surface area contributed by atoms with E-state index in [1.54, 1.807) is 16.7 Å². The molecule has 164 valence electrons. The fourth-order valence-electron chi connectivity index (χ4n) is 3.72. The minimum absolute atomic E-state index is 0.0193. The lowest BCUT2D eigenvalue weighted by Gasteiger charge is -2.15. The molecular formula is C27H23N3OS2. The van der Waals surface area contributed by atoms with Crippen molar-refractivity contribution in [3.63, 3.8) is 0 Å². The molecule has 0 aromatic heterocycles. The zero-order valence-corrected chi connectivity index (χ0v) is 20.1. The molecule has 2 heterocycles. The number of thioether (sulfide) groups is 2. The number of hydrogen-bond acceptors (Lipinski definition) is 5. The van der Waals surface area contributed by atoms with Crippen LogP contribution in [0.2, 0.25) is 0 Å². The number of para-hydroxylation sites is 1. The molecule has 1 fully saturated rings. The van der Waals surface area contributed by atoms with Crippen LogP contribution >= 0.6 is 23.5 Å². The molecule has 2 aliphatic heterocycles. The van der Waals surface area contributed by atoms with Crippen molar-refractivity contribution in [3.05, 3.63) is 99.9 Å². The average Bonchev–Trinajstić information content (AvgIpc) is 3.35. The zero-order chi connectivity index (χ0) is 22.8. The van der Waals surface area contributed by atoms with Crippen LogP contribution < -0.4 is 4.90 Å². The molecule has 1 saturated heterocycles. The van der Waals surface area contributed by atoms with Crippen LogP contribution in [0.1, 0.15) is 18.1 Å². The Bertz CT molecular complexity index is 1280. The first kappa shape index (κ1) is 21.6. The van der Waals surface area contributed by atoms with Gasteiger partial charge >= 0.3 is 0 Å². The van der Waals surface area contributed by atoms with Crippen molar-refractivity contribution in [3.8, 4) is 0 Å². The largest absolute Gasteiger partial charge is 0.337 e. The molecule has 0 radical (unpaired) electrons. The smallest absolute Gasteiger partial charge is 0.269 e. The van der Waals surface area contributed by atoms with Gasteiger partial charge < -0.3 is 4.90 Å². The second-order valence-corrected chi connectivity index (χ2v) is 9.65. The highest BCUT2D eigenvalue weighted by Crippen LogP contribution is 2.49. The van der Waals surface area contributed by atoms with Crippen molar-refractivity contribution < 1.29 is 4.79 Å². The van der Waals surface area contributed by atoms with E-state index in [4.69, 9.17) is 4.99 Å². The van der Waals surface area contributed by atoms with Gasteiger partial charge in [-0.3, -0.25) is 9.69 Å². The quantitative estimate of drug-likeness (QED) is 0.309. The van der Waals surface area contributed by atoms with E-state index >= 15 is 0 Å². The Morgan fingerprint density at radius 1 is 0.848 bits per heavy atom. The third-order valence-corrected chi connectivity index (χ3v) is 7.93. The molecule has 6 heteroatoms. The van der Waals surface area contributed by atoms with Gasteiger partial charge in [-0.05, 0) is 54.1 Å². The summed E-state index contributed by atoms with van der Waals surface area (Å²) in [7, 11) is 2.02. The van der Waals surface area contributed by atoms with Crippen molar-refractivity contribution in [2.75, 3.05) is 18.5 Å². The molecule has 3 aromatic carbocycles. The van der Waals surface area contributed by atoms with E-state index in [1.807, 2.05) is 68.6 Å². The maximum atomic E-state index is 13.2. The minimum Gasteiger partial charge on any atom is -0.337 e. The summed E-state index contributed by atoms with van der Waals surface area (Å²) < 4.78 is 0. The molecule has 0 saturated carbocycles. The van der Waals surface area contributed by atoms with Gasteiger partial charge in [0.1, 0.15) is 4.91 Å². The Morgan fingerprint density at radius 3 is 2.21 bits per heavy atom. The third kappa shape index (κ3) is 4.36. The molecule has 0 atom stereocenters. The number of hydrogen-bond donors (Lipinski definition) is 0. The summed E-state index contributed by atoms with van der Waals surface area (Å²) in [6.07, 6.45) is 4.18. The van der Waals surface area contributed by atoms with Gasteiger partial charge in [0.2, 0.25) is 0 Å². The van der Waals surface area contributed by atoms with Gasteiger partial charge in [-0.1, -0.05) is 78.5 Å². The fourth-order valence-corrected chi connectivity index (χ4v) is 6.13. The number of carbonyl (C=O) groups excluding carboxylic acids is 1. The van der Waals surface area contributed by atoms with Gasteiger partial charge in [0.25, 0.3) is 5.91 Å². The average molecular weight is 470 g/mol. The number of fused-ring (bicyclic) bond motifs is 1. The zero-order valence-electron chi connectivity index (χ0n) is 18.4. The van der Waals surface area contributed by atoms with E-state index < -0.39 is 0 Å². The number of benzene rings is 3. The van der Waals surface area contributed by atoms with Gasteiger partial charge in [0.05, 0.1) is 16.4 Å². The van der Waals surface area contributed by atoms with Crippen molar-refractivity contribution >= 4 is 58.1 Å². The van der Waals surface area contributed by atoms with Crippen LogP contribution in [0.5, 0.6) is 0 Å². The van der Waals surface area contributed by atoms with E-state index in [2.05, 4.69) is 41.3 Å². The Hall–Kier alpha value is -3.22. The van der Waals surface area contributed by atoms with Gasteiger partial charge in [-0.25, -0.2) is 4.99 Å². The first-order valence-electron chi connectivity index (χ1n) is 10.8. The van der Waals surface area contributed by atoms with Crippen LogP contribution in [0.4, 0.5) is 11.4 Å². The SMILES string of the molecule is CCN1C(=O)C(=C2Sc3ccccc3N2C)SC1=Nc1ccc(C=Cc2ccccc2)cc1. The Balaban J connectivity index is 1.39. The first-order chi connectivity index (χ1) is 16.1. The summed E-state index contributed by atoms with van der Waals surface area (Å²) in [5.74, 6) is 0.0193. The van der Waals surface area contributed by atoms with E-state index in [-0.39, 0.29) is 5.91 Å². The maximum Gasteiger partial charge on any atom is 0.269 e. The highest BCUT2D eigenvalue weighted by atomic mass is 32.2. The minimum atomic E-state index is 0.0193.